The van der Waals surface area contributed by atoms with Crippen molar-refractivity contribution < 1.29 is 23.6 Å². The molecule has 2 N–H and O–H groups in total. The van der Waals surface area contributed by atoms with Gasteiger partial charge in [0.2, 0.25) is 0 Å². The SMILES string of the molecule is O=C(O)CN1N=C(c2cc(N3CCC(Oc4cc(F)ccc4Br)CC3)no2)[N-]N1. The number of benzene rings is 1. The molecular weight excluding hydrogens is 451 g/mol. The Morgan fingerprint density at radius 2 is 2.21 bits per heavy atom. The number of anilines is 1. The highest BCUT2D eigenvalue weighted by Crippen LogP contribution is 2.29. The van der Waals surface area contributed by atoms with Crippen molar-refractivity contribution in [3.63, 3.8) is 0 Å². The molecule has 12 heteroatoms. The molecule has 0 unspecified atom stereocenters. The highest BCUT2D eigenvalue weighted by atomic mass is 79.9. The molecule has 2 aliphatic rings. The van der Waals surface area contributed by atoms with E-state index in [-0.39, 0.29) is 24.3 Å². The predicted molar refractivity (Wildman–Crippen MR) is 104 cm³/mol. The molecule has 0 spiro atoms. The zero-order valence-electron chi connectivity index (χ0n) is 15.1. The first-order valence-corrected chi connectivity index (χ1v) is 9.65. The van der Waals surface area contributed by atoms with Crippen molar-refractivity contribution in [2.24, 2.45) is 5.10 Å². The van der Waals surface area contributed by atoms with Gasteiger partial charge in [-0.05, 0) is 28.1 Å². The van der Waals surface area contributed by atoms with Crippen molar-refractivity contribution in [3.05, 3.63) is 45.7 Å². The van der Waals surface area contributed by atoms with E-state index in [1.165, 1.54) is 12.1 Å². The van der Waals surface area contributed by atoms with Gasteiger partial charge in [0.25, 0.3) is 0 Å². The normalized spacial score (nSPS) is 17.2. The van der Waals surface area contributed by atoms with Crippen LogP contribution in [-0.2, 0) is 4.79 Å². The van der Waals surface area contributed by atoms with Crippen LogP contribution in [0.4, 0.5) is 10.2 Å². The van der Waals surface area contributed by atoms with Gasteiger partial charge in [-0.15, -0.1) is 0 Å². The molecule has 0 bridgehead atoms. The van der Waals surface area contributed by atoms with E-state index in [0.29, 0.717) is 34.9 Å². The molecular formula is C17H17BrFN6O4-. The summed E-state index contributed by atoms with van der Waals surface area (Å²) in [6.45, 7) is 1.05. The summed E-state index contributed by atoms with van der Waals surface area (Å²) in [7, 11) is 0. The monoisotopic (exact) mass is 467 g/mol. The van der Waals surface area contributed by atoms with E-state index in [9.17, 15) is 9.18 Å². The topological polar surface area (TPSA) is 118 Å². The number of carbonyl (C=O) groups is 1. The van der Waals surface area contributed by atoms with E-state index in [0.717, 1.165) is 18.0 Å². The summed E-state index contributed by atoms with van der Waals surface area (Å²) in [6.07, 6.45) is 1.45. The number of hydrazone groups is 1. The maximum absolute atomic E-state index is 13.4. The molecule has 1 aromatic carbocycles. The highest BCUT2D eigenvalue weighted by Gasteiger charge is 2.24. The Labute approximate surface area is 173 Å². The van der Waals surface area contributed by atoms with Gasteiger partial charge in [0.05, 0.1) is 4.47 Å². The van der Waals surface area contributed by atoms with Gasteiger partial charge in [0.1, 0.15) is 24.2 Å². The minimum absolute atomic E-state index is 0.0290. The third-order valence-corrected chi connectivity index (χ3v) is 5.10. The van der Waals surface area contributed by atoms with Crippen LogP contribution in [-0.4, -0.2) is 52.9 Å². The Hall–Kier alpha value is -2.86. The number of carboxylic acid groups (broad SMARTS) is 1. The molecule has 1 aromatic heterocycles. The Morgan fingerprint density at radius 1 is 1.41 bits per heavy atom. The average molecular weight is 468 g/mol. The van der Waals surface area contributed by atoms with Crippen molar-refractivity contribution in [3.8, 4) is 5.75 Å². The Kier molecular flexibility index (Phi) is 5.53. The first-order valence-electron chi connectivity index (χ1n) is 8.86. The van der Waals surface area contributed by atoms with Crippen LogP contribution < -0.4 is 15.2 Å². The second-order valence-corrected chi connectivity index (χ2v) is 7.37. The zero-order valence-corrected chi connectivity index (χ0v) is 16.7. The van der Waals surface area contributed by atoms with Crippen molar-refractivity contribution >= 4 is 33.6 Å². The lowest BCUT2D eigenvalue weighted by atomic mass is 10.1. The first-order chi connectivity index (χ1) is 14.0. The third kappa shape index (κ3) is 4.59. The summed E-state index contributed by atoms with van der Waals surface area (Å²) in [6, 6.07) is 6.07. The maximum Gasteiger partial charge on any atom is 0.324 e. The van der Waals surface area contributed by atoms with E-state index < -0.39 is 5.97 Å². The maximum atomic E-state index is 13.4. The van der Waals surface area contributed by atoms with Crippen LogP contribution in [0.3, 0.4) is 0 Å². The first kappa shape index (κ1) is 19.5. The molecule has 0 saturated carbocycles. The number of hydrogen-bond acceptors (Lipinski definition) is 8. The van der Waals surface area contributed by atoms with E-state index in [1.54, 1.807) is 12.1 Å². The Balaban J connectivity index is 1.34. The number of ether oxygens (including phenoxy) is 1. The summed E-state index contributed by atoms with van der Waals surface area (Å²) in [5.74, 6) is 0.312. The number of halogens is 2. The Morgan fingerprint density at radius 3 is 2.97 bits per heavy atom. The predicted octanol–water partition coefficient (Wildman–Crippen LogP) is 2.48. The lowest BCUT2D eigenvalue weighted by molar-refractivity contribution is -0.138. The highest BCUT2D eigenvalue weighted by molar-refractivity contribution is 9.10. The zero-order chi connectivity index (χ0) is 20.4. The van der Waals surface area contributed by atoms with Gasteiger partial charge in [-0.25, -0.2) is 9.93 Å². The summed E-state index contributed by atoms with van der Waals surface area (Å²) in [4.78, 5) is 12.8. The van der Waals surface area contributed by atoms with Crippen LogP contribution in [0.5, 0.6) is 5.75 Å². The number of nitrogens with one attached hydrogen (secondary N) is 1. The minimum atomic E-state index is -1.04. The van der Waals surface area contributed by atoms with E-state index in [4.69, 9.17) is 14.4 Å². The van der Waals surface area contributed by atoms with Crippen molar-refractivity contribution in [1.82, 2.24) is 15.8 Å². The van der Waals surface area contributed by atoms with Gasteiger partial charge in [-0.2, -0.15) is 0 Å². The van der Waals surface area contributed by atoms with Gasteiger partial charge in [0.15, 0.2) is 11.6 Å². The summed E-state index contributed by atoms with van der Waals surface area (Å²) in [5.41, 5.74) is 6.42. The van der Waals surface area contributed by atoms with Crippen LogP contribution in [0, 0.1) is 5.82 Å². The number of piperidine rings is 1. The average Bonchev–Trinajstić information content (AvgIpc) is 3.34. The van der Waals surface area contributed by atoms with Crippen LogP contribution >= 0.6 is 15.9 Å². The molecule has 0 aliphatic carbocycles. The number of hydrogen-bond donors (Lipinski definition) is 2. The number of amidine groups is 1. The number of aliphatic carboxylic acids is 1. The number of carboxylic acids is 1. The van der Waals surface area contributed by atoms with E-state index in [2.05, 4.69) is 37.1 Å². The number of rotatable bonds is 6. The van der Waals surface area contributed by atoms with Gasteiger partial charge >= 0.3 is 5.97 Å². The van der Waals surface area contributed by atoms with Gasteiger partial charge < -0.3 is 34.9 Å². The third-order valence-electron chi connectivity index (χ3n) is 4.44. The lowest BCUT2D eigenvalue weighted by Gasteiger charge is -2.32. The number of nitrogens with zero attached hydrogens (tertiary/aromatic N) is 5. The second kappa shape index (κ2) is 8.25. The van der Waals surface area contributed by atoms with Crippen LogP contribution in [0.2, 0.25) is 0 Å². The molecule has 1 saturated heterocycles. The smallest absolute Gasteiger partial charge is 0.324 e. The molecule has 2 aliphatic heterocycles. The molecule has 1 fully saturated rings. The van der Waals surface area contributed by atoms with Crippen molar-refractivity contribution in [2.45, 2.75) is 18.9 Å². The van der Waals surface area contributed by atoms with Crippen molar-refractivity contribution in [2.75, 3.05) is 24.5 Å². The summed E-state index contributed by atoms with van der Waals surface area (Å²) in [5, 5.41) is 17.9. The Bertz CT molecular complexity index is 930. The van der Waals surface area contributed by atoms with E-state index >= 15 is 0 Å². The second-order valence-electron chi connectivity index (χ2n) is 6.52. The quantitative estimate of drug-likeness (QED) is 0.664. The standard InChI is InChI=1S/C17H18BrFN6O4/c18-12-2-1-10(19)7-13(12)28-11-3-5-24(6-4-11)15-8-14(29-22-15)17-20-23-25(21-17)9-16(26)27/h1-2,7-8,11H,3-6,9H2,(H3,20,21,22,23,26,27)/p-1. The molecule has 3 heterocycles. The number of hydrazine groups is 1. The molecule has 10 nitrogen and oxygen atoms in total. The molecule has 0 radical (unpaired) electrons. The molecule has 0 amide bonds. The lowest BCUT2D eigenvalue weighted by Crippen LogP contribution is -2.38. The van der Waals surface area contributed by atoms with Gasteiger partial charge in [-0.3, -0.25) is 4.79 Å². The summed E-state index contributed by atoms with van der Waals surface area (Å²) >= 11 is 3.37. The number of aromatic nitrogens is 1. The molecule has 29 heavy (non-hydrogen) atoms. The minimum Gasteiger partial charge on any atom is -0.489 e. The molecule has 2 aromatic rings. The van der Waals surface area contributed by atoms with Crippen molar-refractivity contribution in [1.29, 1.82) is 0 Å². The fraction of sp³-hybridized carbons (Fsp3) is 0.353. The van der Waals surface area contributed by atoms with Crippen LogP contribution in [0.1, 0.15) is 18.6 Å². The van der Waals surface area contributed by atoms with E-state index in [1.807, 2.05) is 4.90 Å². The molecule has 0 atom stereocenters. The van der Waals surface area contributed by atoms with Crippen LogP contribution in [0.25, 0.3) is 5.43 Å². The fourth-order valence-corrected chi connectivity index (χ4v) is 3.38. The van der Waals surface area contributed by atoms with Crippen LogP contribution in [0.15, 0.2) is 38.4 Å². The van der Waals surface area contributed by atoms with Gasteiger partial charge in [0, 0.05) is 43.9 Å². The largest absolute Gasteiger partial charge is 0.489 e. The molecule has 4 rings (SSSR count). The summed E-state index contributed by atoms with van der Waals surface area (Å²) < 4.78 is 25.4. The fourth-order valence-electron chi connectivity index (χ4n) is 3.04. The molecule has 154 valence electrons. The van der Waals surface area contributed by atoms with Gasteiger partial charge in [-0.1, -0.05) is 5.16 Å².